The molecule has 72 heavy (non-hydrogen) atoms. The van der Waals surface area contributed by atoms with Gasteiger partial charge in [-0.1, -0.05) is 261 Å². The van der Waals surface area contributed by atoms with Crippen LogP contribution in [0.15, 0.2) is 297 Å². The molecule has 12 aromatic carbocycles. The smallest absolute Gasteiger partial charge is 0.0713 e. The van der Waals surface area contributed by atoms with Crippen LogP contribution in [0.3, 0.4) is 0 Å². The van der Waals surface area contributed by atoms with Gasteiger partial charge in [0.1, 0.15) is 0 Å². The first-order chi connectivity index (χ1) is 35.7. The Hall–Kier alpha value is -9.30. The van der Waals surface area contributed by atoms with E-state index < -0.39 is 5.41 Å². The topological polar surface area (TPSA) is 3.24 Å². The molecule has 0 heterocycles. The fraction of sp³-hybridized carbons (Fsp3) is 0.0141. The lowest BCUT2D eigenvalue weighted by Gasteiger charge is -2.34. The van der Waals surface area contributed by atoms with E-state index in [0.29, 0.717) is 0 Å². The van der Waals surface area contributed by atoms with Crippen molar-refractivity contribution in [2.75, 3.05) is 4.90 Å². The van der Waals surface area contributed by atoms with Crippen molar-refractivity contribution >= 4 is 27.8 Å². The van der Waals surface area contributed by atoms with Gasteiger partial charge in [0.15, 0.2) is 0 Å². The van der Waals surface area contributed by atoms with Crippen LogP contribution >= 0.6 is 0 Å². The summed E-state index contributed by atoms with van der Waals surface area (Å²) in [7, 11) is 0. The minimum Gasteiger partial charge on any atom is -0.310 e. The van der Waals surface area contributed by atoms with Crippen molar-refractivity contribution in [1.29, 1.82) is 0 Å². The number of fused-ring (bicyclic) bond motifs is 4. The molecular formula is C71H49N. The molecule has 0 aromatic heterocycles. The standard InChI is InChI=1S/C71H49N/c1-4-17-50(18-5-1)52-31-33-53(34-32-52)54-41-45-62(46-42-54)72(69-30-15-13-25-64(69)56-38-35-55(36-39-56)59-40-37-51-19-10-11-20-58(51)49-59)63-47-43-57(44-48-63)65-27-16-29-68-70(65)66-26-12-14-28-67(66)71(68,60-21-6-2-7-22-60)61-23-8-3-9-24-61/h1-49H. The number of hydrogen-bond acceptors (Lipinski definition) is 1. The highest BCUT2D eigenvalue weighted by atomic mass is 15.1. The molecule has 0 saturated carbocycles. The molecule has 338 valence electrons. The maximum absolute atomic E-state index is 2.42. The lowest BCUT2D eigenvalue weighted by atomic mass is 9.67. The van der Waals surface area contributed by atoms with Crippen LogP contribution in [0.5, 0.6) is 0 Å². The van der Waals surface area contributed by atoms with Crippen molar-refractivity contribution in [2.45, 2.75) is 5.41 Å². The van der Waals surface area contributed by atoms with E-state index in [9.17, 15) is 0 Å². The zero-order valence-corrected chi connectivity index (χ0v) is 39.7. The Balaban J connectivity index is 0.914. The number of para-hydroxylation sites is 1. The summed E-state index contributed by atoms with van der Waals surface area (Å²) in [5, 5.41) is 2.50. The average Bonchev–Trinajstić information content (AvgIpc) is 3.78. The molecule has 0 amide bonds. The Morgan fingerprint density at radius 3 is 1.26 bits per heavy atom. The van der Waals surface area contributed by atoms with Gasteiger partial charge in [-0.2, -0.15) is 0 Å². The average molecular weight is 916 g/mol. The van der Waals surface area contributed by atoms with Crippen LogP contribution in [0, 0.1) is 0 Å². The predicted octanol–water partition coefficient (Wildman–Crippen LogP) is 19.0. The molecule has 1 heteroatoms. The zero-order valence-electron chi connectivity index (χ0n) is 39.7. The van der Waals surface area contributed by atoms with Gasteiger partial charge in [-0.25, -0.2) is 0 Å². The molecular weight excluding hydrogens is 867 g/mol. The summed E-state index contributed by atoms with van der Waals surface area (Å²) in [6.07, 6.45) is 0. The van der Waals surface area contributed by atoms with Gasteiger partial charge >= 0.3 is 0 Å². The van der Waals surface area contributed by atoms with Gasteiger partial charge < -0.3 is 4.90 Å². The Labute approximate surface area is 422 Å². The van der Waals surface area contributed by atoms with Crippen LogP contribution in [0.2, 0.25) is 0 Å². The van der Waals surface area contributed by atoms with Gasteiger partial charge in [0.05, 0.1) is 11.1 Å². The first-order valence-electron chi connectivity index (χ1n) is 24.9. The third-order valence-corrected chi connectivity index (χ3v) is 14.8. The molecule has 1 aliphatic carbocycles. The fourth-order valence-corrected chi connectivity index (χ4v) is 11.4. The summed E-state index contributed by atoms with van der Waals surface area (Å²) in [5.41, 5.74) is 22.4. The van der Waals surface area contributed by atoms with E-state index in [1.54, 1.807) is 0 Å². The molecule has 0 bridgehead atoms. The maximum atomic E-state index is 2.42. The van der Waals surface area contributed by atoms with Gasteiger partial charge in [-0.3, -0.25) is 0 Å². The second kappa shape index (κ2) is 18.2. The highest BCUT2D eigenvalue weighted by Gasteiger charge is 2.46. The molecule has 1 nitrogen and oxygen atoms in total. The van der Waals surface area contributed by atoms with Crippen molar-refractivity contribution in [2.24, 2.45) is 0 Å². The van der Waals surface area contributed by atoms with Crippen molar-refractivity contribution < 1.29 is 0 Å². The van der Waals surface area contributed by atoms with E-state index in [2.05, 4.69) is 302 Å². The number of nitrogens with zero attached hydrogens (tertiary/aromatic N) is 1. The molecule has 0 saturated heterocycles. The third kappa shape index (κ3) is 7.42. The van der Waals surface area contributed by atoms with Crippen LogP contribution in [0.25, 0.3) is 77.5 Å². The molecule has 0 N–H and O–H groups in total. The fourth-order valence-electron chi connectivity index (χ4n) is 11.4. The number of anilines is 3. The van der Waals surface area contributed by atoms with Gasteiger partial charge in [0.25, 0.3) is 0 Å². The van der Waals surface area contributed by atoms with Crippen molar-refractivity contribution in [3.63, 3.8) is 0 Å². The molecule has 0 spiro atoms. The molecule has 13 rings (SSSR count). The van der Waals surface area contributed by atoms with Crippen molar-refractivity contribution in [1.82, 2.24) is 0 Å². The lowest BCUT2D eigenvalue weighted by molar-refractivity contribution is 0.768. The molecule has 0 atom stereocenters. The minimum absolute atomic E-state index is 0.464. The molecule has 0 radical (unpaired) electrons. The van der Waals surface area contributed by atoms with Crippen molar-refractivity contribution in [3.05, 3.63) is 320 Å². The Bertz CT molecular complexity index is 3820. The van der Waals surface area contributed by atoms with Gasteiger partial charge in [-0.15, -0.1) is 0 Å². The quantitative estimate of drug-likeness (QED) is 0.132. The summed E-state index contributed by atoms with van der Waals surface area (Å²) >= 11 is 0. The van der Waals surface area contributed by atoms with Crippen LogP contribution < -0.4 is 4.90 Å². The maximum Gasteiger partial charge on any atom is 0.0713 e. The SMILES string of the molecule is c1ccc(-c2ccc(-c3ccc(N(c4ccc(-c5cccc6c5-c5ccccc5C6(c5ccccc5)c5ccccc5)cc4)c4ccccc4-c4ccc(-c5ccc6ccccc6c5)cc4)cc3)cc2)cc1. The summed E-state index contributed by atoms with van der Waals surface area (Å²) in [6.45, 7) is 0. The third-order valence-electron chi connectivity index (χ3n) is 14.8. The van der Waals surface area contributed by atoms with Gasteiger partial charge in [-0.05, 0) is 131 Å². The first kappa shape index (κ1) is 42.8. The van der Waals surface area contributed by atoms with Crippen molar-refractivity contribution in [3.8, 4) is 66.8 Å². The first-order valence-corrected chi connectivity index (χ1v) is 24.9. The Morgan fingerprint density at radius 1 is 0.236 bits per heavy atom. The predicted molar refractivity (Wildman–Crippen MR) is 303 cm³/mol. The van der Waals surface area contributed by atoms with E-state index in [0.717, 1.165) is 28.2 Å². The van der Waals surface area contributed by atoms with E-state index >= 15 is 0 Å². The van der Waals surface area contributed by atoms with E-state index in [1.165, 1.54) is 88.7 Å². The summed E-state index contributed by atoms with van der Waals surface area (Å²) in [6, 6.07) is 109. The van der Waals surface area contributed by atoms with E-state index in [4.69, 9.17) is 0 Å². The highest BCUT2D eigenvalue weighted by Crippen LogP contribution is 2.58. The Morgan fingerprint density at radius 2 is 0.639 bits per heavy atom. The highest BCUT2D eigenvalue weighted by molar-refractivity contribution is 5.97. The van der Waals surface area contributed by atoms with E-state index in [-0.39, 0.29) is 0 Å². The zero-order chi connectivity index (χ0) is 47.8. The van der Waals surface area contributed by atoms with Crippen LogP contribution in [-0.2, 0) is 5.41 Å². The molecule has 0 fully saturated rings. The number of hydrogen-bond donors (Lipinski definition) is 0. The van der Waals surface area contributed by atoms with Crippen LogP contribution in [0.4, 0.5) is 17.1 Å². The van der Waals surface area contributed by atoms with Crippen LogP contribution in [-0.4, -0.2) is 0 Å². The van der Waals surface area contributed by atoms with Gasteiger partial charge in [0, 0.05) is 16.9 Å². The van der Waals surface area contributed by atoms with E-state index in [1.807, 2.05) is 0 Å². The number of rotatable bonds is 10. The van der Waals surface area contributed by atoms with Crippen LogP contribution in [0.1, 0.15) is 22.3 Å². The molecule has 12 aromatic rings. The minimum atomic E-state index is -0.464. The molecule has 0 aliphatic heterocycles. The van der Waals surface area contributed by atoms with Gasteiger partial charge in [0.2, 0.25) is 0 Å². The largest absolute Gasteiger partial charge is 0.310 e. The number of benzene rings is 12. The normalized spacial score (nSPS) is 12.3. The molecule has 1 aliphatic rings. The monoisotopic (exact) mass is 915 g/mol. The summed E-state index contributed by atoms with van der Waals surface area (Å²) in [4.78, 5) is 2.42. The second-order valence-electron chi connectivity index (χ2n) is 18.8. The second-order valence-corrected chi connectivity index (χ2v) is 18.8. The Kier molecular flexibility index (Phi) is 10.8. The molecule has 0 unspecified atom stereocenters. The summed E-state index contributed by atoms with van der Waals surface area (Å²) in [5.74, 6) is 0. The lowest BCUT2D eigenvalue weighted by Crippen LogP contribution is -2.28. The summed E-state index contributed by atoms with van der Waals surface area (Å²) < 4.78 is 0.